The molecule has 2 aromatic heterocycles. The molecule has 4 nitrogen and oxygen atoms in total. The third-order valence-electron chi connectivity index (χ3n) is 4.04. The maximum absolute atomic E-state index is 13.7. The van der Waals surface area contributed by atoms with Gasteiger partial charge in [0.1, 0.15) is 11.6 Å². The van der Waals surface area contributed by atoms with Gasteiger partial charge in [0.15, 0.2) is 0 Å². The summed E-state index contributed by atoms with van der Waals surface area (Å²) >= 11 is 3.48. The van der Waals surface area contributed by atoms with E-state index < -0.39 is 5.82 Å². The Balaban J connectivity index is 2.00. The molecule has 2 aromatic carbocycles. The van der Waals surface area contributed by atoms with E-state index in [4.69, 9.17) is 0 Å². The molecule has 0 fully saturated rings. The van der Waals surface area contributed by atoms with E-state index in [0.717, 1.165) is 10.2 Å². The number of nitrogens with zero attached hydrogens (tertiary/aromatic N) is 3. The van der Waals surface area contributed by atoms with Gasteiger partial charge >= 0.3 is 0 Å². The van der Waals surface area contributed by atoms with Crippen LogP contribution in [0, 0.1) is 5.82 Å². The van der Waals surface area contributed by atoms with Crippen LogP contribution in [0.5, 0.6) is 0 Å². The number of hydrogen-bond donors (Lipinski definition) is 0. The highest BCUT2D eigenvalue weighted by Gasteiger charge is 2.13. The lowest BCUT2D eigenvalue weighted by atomic mass is 10.2. The first-order valence-electron chi connectivity index (χ1n) is 8.20. The fraction of sp³-hybridized carbons (Fsp3) is 0. The molecule has 0 aliphatic heterocycles. The Hall–Kier alpha value is -3.12. The van der Waals surface area contributed by atoms with E-state index >= 15 is 0 Å². The summed E-state index contributed by atoms with van der Waals surface area (Å²) in [6.45, 7) is 0. The monoisotopic (exact) mass is 421 g/mol. The van der Waals surface area contributed by atoms with Crippen LogP contribution in [0.4, 0.5) is 4.39 Å². The molecule has 27 heavy (non-hydrogen) atoms. The topological polar surface area (TPSA) is 47.8 Å². The van der Waals surface area contributed by atoms with Crippen molar-refractivity contribution in [3.05, 3.63) is 99.0 Å². The summed E-state index contributed by atoms with van der Waals surface area (Å²) in [4.78, 5) is 22.0. The molecule has 2 heterocycles. The van der Waals surface area contributed by atoms with E-state index in [2.05, 4.69) is 25.9 Å². The van der Waals surface area contributed by atoms with Crippen LogP contribution in [-0.4, -0.2) is 14.5 Å². The van der Waals surface area contributed by atoms with Gasteiger partial charge in [-0.3, -0.25) is 14.3 Å². The number of benzene rings is 2. The SMILES string of the molecule is O=c1c2cc(F)ccc2nc(/C=C/c2ccccn2)n1-c1ccccc1Br. The minimum absolute atomic E-state index is 0.223. The second-order valence-corrected chi connectivity index (χ2v) is 6.67. The highest BCUT2D eigenvalue weighted by Crippen LogP contribution is 2.22. The van der Waals surface area contributed by atoms with Crippen molar-refractivity contribution in [3.63, 3.8) is 0 Å². The highest BCUT2D eigenvalue weighted by molar-refractivity contribution is 9.10. The summed E-state index contributed by atoms with van der Waals surface area (Å²) in [5.74, 6) is -0.0477. The third kappa shape index (κ3) is 3.44. The number of fused-ring (bicyclic) bond motifs is 1. The molecular weight excluding hydrogens is 409 g/mol. The Bertz CT molecular complexity index is 1220. The van der Waals surface area contributed by atoms with Crippen LogP contribution in [0.1, 0.15) is 11.5 Å². The molecule has 6 heteroatoms. The summed E-state index contributed by atoms with van der Waals surface area (Å²) in [6, 6.07) is 16.9. The summed E-state index contributed by atoms with van der Waals surface area (Å²) in [6.07, 6.45) is 5.20. The Morgan fingerprint density at radius 1 is 1.00 bits per heavy atom. The Labute approximate surface area is 162 Å². The molecule has 0 radical (unpaired) electrons. The Kier molecular flexibility index (Phi) is 4.64. The maximum Gasteiger partial charge on any atom is 0.266 e. The second-order valence-electron chi connectivity index (χ2n) is 5.81. The number of hydrogen-bond acceptors (Lipinski definition) is 3. The van der Waals surface area contributed by atoms with Crippen molar-refractivity contribution in [1.82, 2.24) is 14.5 Å². The summed E-state index contributed by atoms with van der Waals surface area (Å²) in [7, 11) is 0. The number of rotatable bonds is 3. The fourth-order valence-corrected chi connectivity index (χ4v) is 3.25. The van der Waals surface area contributed by atoms with Gasteiger partial charge in [-0.15, -0.1) is 0 Å². The molecule has 0 N–H and O–H groups in total. The molecule has 4 aromatic rings. The standard InChI is InChI=1S/C21H13BrFN3O/c22-17-6-1-2-7-19(17)26-20(11-9-15-5-3-4-12-24-15)25-18-10-8-14(23)13-16(18)21(26)27/h1-13H/b11-9+. The van der Waals surface area contributed by atoms with Gasteiger partial charge in [-0.25, -0.2) is 9.37 Å². The number of pyridine rings is 1. The van der Waals surface area contributed by atoms with Crippen LogP contribution in [0.2, 0.25) is 0 Å². The lowest BCUT2D eigenvalue weighted by Crippen LogP contribution is -2.22. The van der Waals surface area contributed by atoms with Gasteiger partial charge in [0.05, 0.1) is 22.3 Å². The molecule has 132 valence electrons. The molecule has 0 amide bonds. The van der Waals surface area contributed by atoms with Gasteiger partial charge in [0, 0.05) is 10.7 Å². The van der Waals surface area contributed by atoms with Gasteiger partial charge in [-0.2, -0.15) is 0 Å². The van der Waals surface area contributed by atoms with Gasteiger partial charge in [0.2, 0.25) is 0 Å². The lowest BCUT2D eigenvalue weighted by molar-refractivity contribution is 0.629. The molecule has 0 atom stereocenters. The molecule has 0 bridgehead atoms. The molecule has 0 spiro atoms. The molecule has 0 aliphatic rings. The Morgan fingerprint density at radius 2 is 1.81 bits per heavy atom. The van der Waals surface area contributed by atoms with Crippen molar-refractivity contribution < 1.29 is 4.39 Å². The first-order chi connectivity index (χ1) is 13.1. The number of halogens is 2. The minimum Gasteiger partial charge on any atom is -0.268 e. The van der Waals surface area contributed by atoms with Crippen LogP contribution in [0.25, 0.3) is 28.7 Å². The maximum atomic E-state index is 13.7. The van der Waals surface area contributed by atoms with Crippen LogP contribution in [0.15, 0.2) is 76.1 Å². The zero-order valence-electron chi connectivity index (χ0n) is 14.0. The van der Waals surface area contributed by atoms with Crippen LogP contribution in [0.3, 0.4) is 0 Å². The molecule has 0 aliphatic carbocycles. The van der Waals surface area contributed by atoms with Gasteiger partial charge in [-0.05, 0) is 70.5 Å². The first-order valence-corrected chi connectivity index (χ1v) is 8.99. The van der Waals surface area contributed by atoms with Gasteiger partial charge in [0.25, 0.3) is 5.56 Å². The summed E-state index contributed by atoms with van der Waals surface area (Å²) in [5.41, 5.74) is 1.46. The highest BCUT2D eigenvalue weighted by atomic mass is 79.9. The zero-order chi connectivity index (χ0) is 18.8. The van der Waals surface area contributed by atoms with E-state index in [1.807, 2.05) is 36.4 Å². The Morgan fingerprint density at radius 3 is 2.59 bits per heavy atom. The second kappa shape index (κ2) is 7.25. The van der Waals surface area contributed by atoms with Crippen molar-refractivity contribution in [3.8, 4) is 5.69 Å². The molecule has 0 saturated carbocycles. The smallest absolute Gasteiger partial charge is 0.266 e. The average molecular weight is 422 g/mol. The number of para-hydroxylation sites is 1. The fourth-order valence-electron chi connectivity index (χ4n) is 2.79. The lowest BCUT2D eigenvalue weighted by Gasteiger charge is -2.13. The van der Waals surface area contributed by atoms with Crippen molar-refractivity contribution in [1.29, 1.82) is 0 Å². The quantitative estimate of drug-likeness (QED) is 0.474. The molecular formula is C21H13BrFN3O. The third-order valence-corrected chi connectivity index (χ3v) is 4.71. The van der Waals surface area contributed by atoms with E-state index in [-0.39, 0.29) is 10.9 Å². The van der Waals surface area contributed by atoms with E-state index in [0.29, 0.717) is 17.0 Å². The number of aromatic nitrogens is 3. The molecule has 4 rings (SSSR count). The van der Waals surface area contributed by atoms with E-state index in [1.165, 1.54) is 22.8 Å². The zero-order valence-corrected chi connectivity index (χ0v) is 15.6. The minimum atomic E-state index is -0.475. The largest absolute Gasteiger partial charge is 0.268 e. The average Bonchev–Trinajstić information content (AvgIpc) is 2.69. The van der Waals surface area contributed by atoms with Gasteiger partial charge in [-0.1, -0.05) is 18.2 Å². The first kappa shape index (κ1) is 17.3. The predicted octanol–water partition coefficient (Wildman–Crippen LogP) is 4.85. The van der Waals surface area contributed by atoms with Crippen LogP contribution in [-0.2, 0) is 0 Å². The van der Waals surface area contributed by atoms with Gasteiger partial charge < -0.3 is 0 Å². The van der Waals surface area contributed by atoms with Crippen molar-refractivity contribution >= 4 is 39.0 Å². The molecule has 0 saturated heterocycles. The van der Waals surface area contributed by atoms with E-state index in [9.17, 15) is 9.18 Å². The van der Waals surface area contributed by atoms with Crippen LogP contribution >= 0.6 is 15.9 Å². The van der Waals surface area contributed by atoms with Crippen LogP contribution < -0.4 is 5.56 Å². The van der Waals surface area contributed by atoms with Crippen molar-refractivity contribution in [2.45, 2.75) is 0 Å². The molecule has 0 unspecified atom stereocenters. The van der Waals surface area contributed by atoms with Crippen molar-refractivity contribution in [2.75, 3.05) is 0 Å². The van der Waals surface area contributed by atoms with E-state index in [1.54, 1.807) is 24.4 Å². The normalized spacial score (nSPS) is 11.3. The summed E-state index contributed by atoms with van der Waals surface area (Å²) < 4.78 is 15.9. The predicted molar refractivity (Wildman–Crippen MR) is 108 cm³/mol. The summed E-state index contributed by atoms with van der Waals surface area (Å²) in [5, 5.41) is 0.223. The van der Waals surface area contributed by atoms with Crippen molar-refractivity contribution in [2.24, 2.45) is 0 Å².